The summed E-state index contributed by atoms with van der Waals surface area (Å²) in [5.74, 6) is 1.44. The van der Waals surface area contributed by atoms with Gasteiger partial charge in [0.15, 0.2) is 0 Å². The third kappa shape index (κ3) is 2.61. The molecule has 0 unspecified atom stereocenters. The van der Waals surface area contributed by atoms with Gasteiger partial charge in [0.2, 0.25) is 5.88 Å². The summed E-state index contributed by atoms with van der Waals surface area (Å²) in [7, 11) is 1.64. The lowest BCUT2D eigenvalue weighted by molar-refractivity contribution is 0.273. The Hall–Kier alpha value is -2.90. The van der Waals surface area contributed by atoms with Gasteiger partial charge in [-0.2, -0.15) is 5.26 Å². The summed E-state index contributed by atoms with van der Waals surface area (Å²) < 4.78 is 11.3. The summed E-state index contributed by atoms with van der Waals surface area (Å²) in [6, 6.07) is 15.8. The highest BCUT2D eigenvalue weighted by Crippen LogP contribution is 2.49. The molecule has 1 aliphatic carbocycles. The summed E-state index contributed by atoms with van der Waals surface area (Å²) in [5, 5.41) is 10.4. The van der Waals surface area contributed by atoms with Crippen molar-refractivity contribution >= 4 is 17.2 Å². The van der Waals surface area contributed by atoms with Crippen molar-refractivity contribution < 1.29 is 9.47 Å². The average Bonchev–Trinajstić information content (AvgIpc) is 2.66. The Morgan fingerprint density at radius 1 is 1.23 bits per heavy atom. The van der Waals surface area contributed by atoms with Crippen molar-refractivity contribution in [1.29, 1.82) is 5.26 Å². The number of hydrogen-bond donors (Lipinski definition) is 1. The van der Waals surface area contributed by atoms with Crippen LogP contribution < -0.4 is 10.5 Å². The molecule has 2 aliphatic rings. The van der Waals surface area contributed by atoms with Crippen molar-refractivity contribution in [2.45, 2.75) is 18.8 Å². The second-order valence-corrected chi connectivity index (χ2v) is 6.78. The van der Waals surface area contributed by atoms with E-state index in [0.717, 1.165) is 41.1 Å². The molecule has 0 saturated heterocycles. The standard InChI is InChI=1S/C21H17ClN2O2/c1-25-15-7-5-12-6-8-18-20(16(12)10-15)19(17(11-23)21(24)26-18)13-3-2-4-14(22)9-13/h2-5,7,9-10,19H,6,8,24H2,1H3/t19-/m0/s1. The van der Waals surface area contributed by atoms with Crippen LogP contribution in [0.3, 0.4) is 0 Å². The topological polar surface area (TPSA) is 68.3 Å². The minimum atomic E-state index is -0.311. The zero-order valence-corrected chi connectivity index (χ0v) is 15.0. The van der Waals surface area contributed by atoms with Gasteiger partial charge >= 0.3 is 0 Å². The van der Waals surface area contributed by atoms with Crippen LogP contribution in [0.5, 0.6) is 5.75 Å². The fraction of sp³-hybridized carbons (Fsp3) is 0.190. The molecule has 5 heteroatoms. The molecule has 1 aliphatic heterocycles. The SMILES string of the molecule is COc1ccc2c(c1)C1=C(CC2)OC(N)=C(C#N)[C@@H]1c1cccc(Cl)c1. The molecule has 0 bridgehead atoms. The number of nitriles is 1. The van der Waals surface area contributed by atoms with Crippen LogP contribution in [0.15, 0.2) is 59.7 Å². The van der Waals surface area contributed by atoms with Gasteiger partial charge in [-0.05, 0) is 47.4 Å². The summed E-state index contributed by atoms with van der Waals surface area (Å²) >= 11 is 6.22. The van der Waals surface area contributed by atoms with Crippen molar-refractivity contribution in [3.05, 3.63) is 81.4 Å². The number of benzene rings is 2. The quantitative estimate of drug-likeness (QED) is 0.851. The molecule has 2 aromatic carbocycles. The van der Waals surface area contributed by atoms with E-state index in [1.165, 1.54) is 5.56 Å². The van der Waals surface area contributed by atoms with Crippen LogP contribution in [0.2, 0.25) is 5.02 Å². The normalized spacial score (nSPS) is 18.6. The maximum Gasteiger partial charge on any atom is 0.205 e. The van der Waals surface area contributed by atoms with Crippen LogP contribution in [0.4, 0.5) is 0 Å². The molecule has 0 amide bonds. The lowest BCUT2D eigenvalue weighted by Gasteiger charge is -2.33. The van der Waals surface area contributed by atoms with Crippen molar-refractivity contribution in [3.63, 3.8) is 0 Å². The number of halogens is 1. The number of hydrogen-bond acceptors (Lipinski definition) is 4. The zero-order chi connectivity index (χ0) is 18.3. The number of rotatable bonds is 2. The Morgan fingerprint density at radius 2 is 2.08 bits per heavy atom. The molecular weight excluding hydrogens is 348 g/mol. The van der Waals surface area contributed by atoms with Crippen molar-refractivity contribution in [2.24, 2.45) is 5.73 Å². The molecule has 0 radical (unpaired) electrons. The highest BCUT2D eigenvalue weighted by atomic mass is 35.5. The predicted octanol–water partition coefficient (Wildman–Crippen LogP) is 4.51. The maximum atomic E-state index is 9.75. The molecule has 2 aromatic rings. The van der Waals surface area contributed by atoms with E-state index in [1.54, 1.807) is 7.11 Å². The van der Waals surface area contributed by atoms with Gasteiger partial charge < -0.3 is 15.2 Å². The molecular formula is C21H17ClN2O2. The first kappa shape index (κ1) is 16.6. The predicted molar refractivity (Wildman–Crippen MR) is 100 cm³/mol. The average molecular weight is 365 g/mol. The van der Waals surface area contributed by atoms with Gasteiger partial charge in [0.05, 0.1) is 13.0 Å². The second-order valence-electron chi connectivity index (χ2n) is 6.34. The lowest BCUT2D eigenvalue weighted by atomic mass is 9.75. The molecule has 26 heavy (non-hydrogen) atoms. The Kier molecular flexibility index (Phi) is 4.10. The van der Waals surface area contributed by atoms with E-state index >= 15 is 0 Å². The van der Waals surface area contributed by atoms with Crippen molar-refractivity contribution in [3.8, 4) is 11.8 Å². The van der Waals surface area contributed by atoms with Gasteiger partial charge in [0, 0.05) is 17.0 Å². The van der Waals surface area contributed by atoms with E-state index in [-0.39, 0.29) is 11.8 Å². The molecule has 0 spiro atoms. The van der Waals surface area contributed by atoms with Crippen LogP contribution in [-0.4, -0.2) is 7.11 Å². The first-order chi connectivity index (χ1) is 12.6. The summed E-state index contributed by atoms with van der Waals surface area (Å²) in [6.45, 7) is 0. The number of aryl methyl sites for hydroxylation is 1. The lowest BCUT2D eigenvalue weighted by Crippen LogP contribution is -2.23. The van der Waals surface area contributed by atoms with Crippen LogP contribution in [0.1, 0.15) is 29.0 Å². The van der Waals surface area contributed by atoms with Gasteiger partial charge in [-0.25, -0.2) is 0 Å². The Balaban J connectivity index is 1.96. The molecule has 130 valence electrons. The molecule has 0 aromatic heterocycles. The number of nitrogens with two attached hydrogens (primary N) is 1. The van der Waals surface area contributed by atoms with Crippen molar-refractivity contribution in [2.75, 3.05) is 7.11 Å². The fourth-order valence-electron chi connectivity index (χ4n) is 3.72. The van der Waals surface area contributed by atoms with E-state index in [4.69, 9.17) is 26.8 Å². The van der Waals surface area contributed by atoms with E-state index in [0.29, 0.717) is 10.6 Å². The maximum absolute atomic E-state index is 9.75. The van der Waals surface area contributed by atoms with Gasteiger partial charge in [-0.15, -0.1) is 0 Å². The smallest absolute Gasteiger partial charge is 0.205 e. The molecule has 0 fully saturated rings. The van der Waals surface area contributed by atoms with E-state index in [2.05, 4.69) is 12.1 Å². The third-order valence-electron chi connectivity index (χ3n) is 4.91. The van der Waals surface area contributed by atoms with Gasteiger partial charge in [-0.3, -0.25) is 0 Å². The van der Waals surface area contributed by atoms with Crippen LogP contribution in [0.25, 0.3) is 5.57 Å². The summed E-state index contributed by atoms with van der Waals surface area (Å²) in [6.07, 6.45) is 1.60. The van der Waals surface area contributed by atoms with E-state index in [9.17, 15) is 5.26 Å². The Bertz CT molecular complexity index is 1000. The minimum Gasteiger partial charge on any atom is -0.497 e. The minimum absolute atomic E-state index is 0.169. The van der Waals surface area contributed by atoms with Crippen LogP contribution in [0, 0.1) is 11.3 Å². The number of ether oxygens (including phenoxy) is 2. The van der Waals surface area contributed by atoms with E-state index < -0.39 is 0 Å². The number of fused-ring (bicyclic) bond motifs is 2. The molecule has 0 saturated carbocycles. The van der Waals surface area contributed by atoms with Gasteiger partial charge in [0.1, 0.15) is 23.2 Å². The third-order valence-corrected chi connectivity index (χ3v) is 5.14. The Morgan fingerprint density at radius 3 is 2.81 bits per heavy atom. The first-order valence-electron chi connectivity index (χ1n) is 8.35. The number of allylic oxidation sites excluding steroid dienone is 3. The summed E-state index contributed by atoms with van der Waals surface area (Å²) in [4.78, 5) is 0. The highest BCUT2D eigenvalue weighted by molar-refractivity contribution is 6.30. The highest BCUT2D eigenvalue weighted by Gasteiger charge is 2.36. The van der Waals surface area contributed by atoms with E-state index in [1.807, 2.05) is 36.4 Å². The van der Waals surface area contributed by atoms with Crippen molar-refractivity contribution in [1.82, 2.24) is 0 Å². The second kappa shape index (κ2) is 6.44. The fourth-order valence-corrected chi connectivity index (χ4v) is 3.92. The summed E-state index contributed by atoms with van der Waals surface area (Å²) in [5.41, 5.74) is 10.6. The monoisotopic (exact) mass is 364 g/mol. The first-order valence-corrected chi connectivity index (χ1v) is 8.73. The molecule has 4 nitrogen and oxygen atoms in total. The Labute approximate surface area is 157 Å². The van der Waals surface area contributed by atoms with Gasteiger partial charge in [-0.1, -0.05) is 29.8 Å². The van der Waals surface area contributed by atoms with Gasteiger partial charge in [0.25, 0.3) is 0 Å². The molecule has 1 heterocycles. The molecule has 1 atom stereocenters. The molecule has 2 N–H and O–H groups in total. The van der Waals surface area contributed by atoms with Crippen LogP contribution in [-0.2, 0) is 11.2 Å². The zero-order valence-electron chi connectivity index (χ0n) is 14.3. The number of nitrogens with zero attached hydrogens (tertiary/aromatic N) is 1. The largest absolute Gasteiger partial charge is 0.497 e. The number of methoxy groups -OCH3 is 1. The molecule has 4 rings (SSSR count). The van der Waals surface area contributed by atoms with Crippen LogP contribution >= 0.6 is 11.6 Å².